The van der Waals surface area contributed by atoms with Gasteiger partial charge in [-0.1, -0.05) is 19.3 Å². The third kappa shape index (κ3) is 3.52. The van der Waals surface area contributed by atoms with Gasteiger partial charge in [-0.3, -0.25) is 9.59 Å². The van der Waals surface area contributed by atoms with E-state index in [0.717, 1.165) is 19.3 Å². The normalized spacial score (nSPS) is 22.1. The van der Waals surface area contributed by atoms with Crippen LogP contribution in [0.4, 0.5) is 5.69 Å². The second-order valence-electron chi connectivity index (χ2n) is 7.04. The largest absolute Gasteiger partial charge is 0.497 e. The molecule has 0 unspecified atom stereocenters. The number of benzene rings is 1. The number of carboxylic acids is 1. The van der Waals surface area contributed by atoms with Gasteiger partial charge in [0.05, 0.1) is 13.0 Å². The predicted molar refractivity (Wildman–Crippen MR) is 95.0 cm³/mol. The number of amides is 2. The summed E-state index contributed by atoms with van der Waals surface area (Å²) >= 11 is 0. The molecule has 1 atom stereocenters. The molecule has 0 bridgehead atoms. The highest BCUT2D eigenvalue weighted by atomic mass is 16.5. The molecular formula is C19H24N2O5. The van der Waals surface area contributed by atoms with E-state index in [1.165, 1.54) is 0 Å². The summed E-state index contributed by atoms with van der Waals surface area (Å²) in [5.41, 5.74) is -0.483. The van der Waals surface area contributed by atoms with Crippen molar-refractivity contribution in [2.75, 3.05) is 18.6 Å². The van der Waals surface area contributed by atoms with Crippen LogP contribution in [0.1, 0.15) is 38.5 Å². The Morgan fingerprint density at radius 2 is 1.85 bits per heavy atom. The van der Waals surface area contributed by atoms with Crippen molar-refractivity contribution in [3.05, 3.63) is 24.3 Å². The number of nitrogens with one attached hydrogen (secondary N) is 1. The lowest BCUT2D eigenvalue weighted by molar-refractivity contribution is -0.149. The zero-order chi connectivity index (χ0) is 18.7. The number of carbonyl (C=O) groups is 3. The van der Waals surface area contributed by atoms with E-state index < -0.39 is 17.4 Å². The van der Waals surface area contributed by atoms with Crippen molar-refractivity contribution in [2.45, 2.75) is 44.1 Å². The van der Waals surface area contributed by atoms with Gasteiger partial charge in [0.25, 0.3) is 0 Å². The first kappa shape index (κ1) is 18.2. The Morgan fingerprint density at radius 3 is 2.42 bits per heavy atom. The van der Waals surface area contributed by atoms with Gasteiger partial charge >= 0.3 is 5.97 Å². The summed E-state index contributed by atoms with van der Waals surface area (Å²) in [6.07, 6.45) is 3.53. The third-order valence-electron chi connectivity index (χ3n) is 5.36. The molecule has 2 fully saturated rings. The van der Waals surface area contributed by atoms with Crippen LogP contribution in [0.15, 0.2) is 24.3 Å². The number of carboxylic acid groups (broad SMARTS) is 1. The van der Waals surface area contributed by atoms with Crippen molar-refractivity contribution < 1.29 is 24.2 Å². The number of hydrogen-bond donors (Lipinski definition) is 2. The van der Waals surface area contributed by atoms with E-state index in [-0.39, 0.29) is 24.8 Å². The number of ether oxygens (including phenoxy) is 1. The van der Waals surface area contributed by atoms with Gasteiger partial charge in [-0.25, -0.2) is 4.79 Å². The van der Waals surface area contributed by atoms with Crippen LogP contribution in [0.5, 0.6) is 5.75 Å². The molecule has 3 rings (SSSR count). The van der Waals surface area contributed by atoms with Crippen molar-refractivity contribution in [1.82, 2.24) is 5.32 Å². The van der Waals surface area contributed by atoms with Gasteiger partial charge in [0.2, 0.25) is 11.8 Å². The monoisotopic (exact) mass is 360 g/mol. The van der Waals surface area contributed by atoms with Gasteiger partial charge in [-0.2, -0.15) is 0 Å². The van der Waals surface area contributed by atoms with Crippen LogP contribution in [0.3, 0.4) is 0 Å². The Hall–Kier alpha value is -2.57. The number of carbonyl (C=O) groups excluding carboxylic acids is 2. The molecule has 26 heavy (non-hydrogen) atoms. The molecule has 1 aliphatic carbocycles. The van der Waals surface area contributed by atoms with Gasteiger partial charge in [0.15, 0.2) is 0 Å². The molecule has 0 aromatic heterocycles. The quantitative estimate of drug-likeness (QED) is 0.837. The van der Waals surface area contributed by atoms with E-state index in [0.29, 0.717) is 24.3 Å². The molecule has 140 valence electrons. The van der Waals surface area contributed by atoms with Crippen LogP contribution < -0.4 is 15.0 Å². The zero-order valence-corrected chi connectivity index (χ0v) is 14.9. The number of anilines is 1. The summed E-state index contributed by atoms with van der Waals surface area (Å²) in [6, 6.07) is 7.07. The minimum Gasteiger partial charge on any atom is -0.497 e. The third-order valence-corrected chi connectivity index (χ3v) is 5.36. The molecule has 1 aliphatic heterocycles. The molecule has 1 aromatic rings. The molecule has 7 heteroatoms. The first-order chi connectivity index (χ1) is 12.4. The van der Waals surface area contributed by atoms with Crippen LogP contribution in [0.2, 0.25) is 0 Å². The van der Waals surface area contributed by atoms with Crippen LogP contribution in [-0.2, 0) is 14.4 Å². The summed E-state index contributed by atoms with van der Waals surface area (Å²) in [5, 5.41) is 12.4. The summed E-state index contributed by atoms with van der Waals surface area (Å²) in [5.74, 6) is -1.32. The highest BCUT2D eigenvalue weighted by molar-refractivity contribution is 6.01. The highest BCUT2D eigenvalue weighted by Crippen LogP contribution is 2.31. The van der Waals surface area contributed by atoms with E-state index in [9.17, 15) is 19.5 Å². The predicted octanol–water partition coefficient (Wildman–Crippen LogP) is 1.95. The van der Waals surface area contributed by atoms with E-state index >= 15 is 0 Å². The van der Waals surface area contributed by atoms with Crippen molar-refractivity contribution in [1.29, 1.82) is 0 Å². The maximum atomic E-state index is 12.7. The Labute approximate surface area is 152 Å². The van der Waals surface area contributed by atoms with Crippen molar-refractivity contribution in [3.63, 3.8) is 0 Å². The van der Waals surface area contributed by atoms with Crippen LogP contribution >= 0.6 is 0 Å². The first-order valence-electron chi connectivity index (χ1n) is 8.95. The van der Waals surface area contributed by atoms with Crippen LogP contribution in [0.25, 0.3) is 0 Å². The highest BCUT2D eigenvalue weighted by Gasteiger charge is 2.44. The minimum absolute atomic E-state index is 0.0908. The number of aliphatic carboxylic acids is 1. The lowest BCUT2D eigenvalue weighted by Gasteiger charge is -2.34. The Balaban J connectivity index is 1.69. The molecule has 2 N–H and O–H groups in total. The standard InChI is InChI=1S/C19H24N2O5/c1-26-15-7-5-14(6-8-15)21-12-13(11-16(21)22)17(23)20-19(18(24)25)9-3-2-4-10-19/h5-8,13H,2-4,9-12H2,1H3,(H,20,23)(H,24,25)/t13-/m1/s1. The summed E-state index contributed by atoms with van der Waals surface area (Å²) in [7, 11) is 1.57. The fraction of sp³-hybridized carbons (Fsp3) is 0.526. The topological polar surface area (TPSA) is 95.9 Å². The van der Waals surface area contributed by atoms with E-state index in [1.807, 2.05) is 0 Å². The number of rotatable bonds is 5. The molecule has 0 spiro atoms. The molecular weight excluding hydrogens is 336 g/mol. The van der Waals surface area contributed by atoms with Crippen molar-refractivity contribution >= 4 is 23.5 Å². The van der Waals surface area contributed by atoms with Gasteiger partial charge in [-0.05, 0) is 37.1 Å². The van der Waals surface area contributed by atoms with Crippen LogP contribution in [0, 0.1) is 5.92 Å². The smallest absolute Gasteiger partial charge is 0.329 e. The zero-order valence-electron chi connectivity index (χ0n) is 14.9. The Bertz CT molecular complexity index is 694. The minimum atomic E-state index is -1.19. The number of nitrogens with zero attached hydrogens (tertiary/aromatic N) is 1. The fourth-order valence-corrected chi connectivity index (χ4v) is 3.78. The molecule has 1 heterocycles. The molecule has 2 aliphatic rings. The van der Waals surface area contributed by atoms with Crippen molar-refractivity contribution in [2.24, 2.45) is 5.92 Å². The molecule has 1 aromatic carbocycles. The molecule has 2 amide bonds. The SMILES string of the molecule is COc1ccc(N2C[C@H](C(=O)NC3(C(=O)O)CCCCC3)CC2=O)cc1. The maximum absolute atomic E-state index is 12.7. The second-order valence-corrected chi connectivity index (χ2v) is 7.04. The lowest BCUT2D eigenvalue weighted by atomic mass is 9.81. The summed E-state index contributed by atoms with van der Waals surface area (Å²) in [4.78, 5) is 38.3. The summed E-state index contributed by atoms with van der Waals surface area (Å²) in [6.45, 7) is 0.257. The molecule has 1 saturated heterocycles. The van der Waals surface area contributed by atoms with E-state index in [4.69, 9.17) is 4.74 Å². The molecule has 7 nitrogen and oxygen atoms in total. The van der Waals surface area contributed by atoms with Gasteiger partial charge in [0.1, 0.15) is 11.3 Å². The Kier molecular flexibility index (Phi) is 5.15. The maximum Gasteiger partial charge on any atom is 0.329 e. The first-order valence-corrected chi connectivity index (χ1v) is 8.95. The van der Waals surface area contributed by atoms with E-state index in [2.05, 4.69) is 5.32 Å². The van der Waals surface area contributed by atoms with Crippen molar-refractivity contribution in [3.8, 4) is 5.75 Å². The van der Waals surface area contributed by atoms with E-state index in [1.54, 1.807) is 36.3 Å². The van der Waals surface area contributed by atoms with Crippen LogP contribution in [-0.4, -0.2) is 42.1 Å². The number of hydrogen-bond acceptors (Lipinski definition) is 4. The van der Waals surface area contributed by atoms with Gasteiger partial charge in [-0.15, -0.1) is 0 Å². The average Bonchev–Trinajstić information content (AvgIpc) is 3.04. The Morgan fingerprint density at radius 1 is 1.19 bits per heavy atom. The summed E-state index contributed by atoms with van der Waals surface area (Å²) < 4.78 is 5.11. The average molecular weight is 360 g/mol. The second kappa shape index (κ2) is 7.35. The number of methoxy groups -OCH3 is 1. The fourth-order valence-electron chi connectivity index (χ4n) is 3.78. The molecule has 0 radical (unpaired) electrons. The van der Waals surface area contributed by atoms with Gasteiger partial charge in [0, 0.05) is 18.7 Å². The molecule has 1 saturated carbocycles. The lowest BCUT2D eigenvalue weighted by Crippen LogP contribution is -2.57. The van der Waals surface area contributed by atoms with Gasteiger partial charge < -0.3 is 20.1 Å².